The average Bonchev–Trinajstić information content (AvgIpc) is 2.52. The van der Waals surface area contributed by atoms with Gasteiger partial charge >= 0.3 is 0 Å². The van der Waals surface area contributed by atoms with E-state index < -0.39 is 0 Å². The zero-order valence-electron chi connectivity index (χ0n) is 8.53. The summed E-state index contributed by atoms with van der Waals surface area (Å²) in [5.74, 6) is 0.386. The van der Waals surface area contributed by atoms with Crippen molar-refractivity contribution in [3.05, 3.63) is 35.4 Å². The third kappa shape index (κ3) is 2.14. The minimum absolute atomic E-state index is 0.171. The molecule has 1 aromatic rings. The lowest BCUT2D eigenvalue weighted by Crippen LogP contribution is -2.19. The van der Waals surface area contributed by atoms with Crippen LogP contribution in [-0.2, 0) is 6.42 Å². The summed E-state index contributed by atoms with van der Waals surface area (Å²) >= 11 is 0. The van der Waals surface area contributed by atoms with Crippen LogP contribution >= 0.6 is 0 Å². The monoisotopic (exact) mass is 191 g/mol. The summed E-state index contributed by atoms with van der Waals surface area (Å²) in [4.78, 5) is 0. The van der Waals surface area contributed by atoms with E-state index in [9.17, 15) is 5.11 Å². The average molecular weight is 191 g/mol. The maximum atomic E-state index is 9.66. The molecule has 1 heterocycles. The van der Waals surface area contributed by atoms with Gasteiger partial charge in [0.05, 0.1) is 6.10 Å². The topological polar surface area (TPSA) is 32.3 Å². The molecule has 0 bridgehead atoms. The molecule has 2 rings (SSSR count). The molecule has 2 atom stereocenters. The van der Waals surface area contributed by atoms with Crippen LogP contribution in [0.1, 0.15) is 11.1 Å². The predicted molar refractivity (Wildman–Crippen MR) is 57.2 cm³/mol. The Bertz CT molecular complexity index is 311. The highest BCUT2D eigenvalue weighted by atomic mass is 16.3. The SMILES string of the molecule is Cc1cccc(CC2CNCC2O)c1. The number of rotatable bonds is 2. The normalized spacial score (nSPS) is 26.7. The Kier molecular flexibility index (Phi) is 2.85. The highest BCUT2D eigenvalue weighted by Crippen LogP contribution is 2.16. The number of hydrogen-bond acceptors (Lipinski definition) is 2. The van der Waals surface area contributed by atoms with Gasteiger partial charge in [-0.1, -0.05) is 29.8 Å². The number of hydrogen-bond donors (Lipinski definition) is 2. The molecule has 1 saturated heterocycles. The molecule has 76 valence electrons. The van der Waals surface area contributed by atoms with E-state index in [2.05, 4.69) is 36.5 Å². The van der Waals surface area contributed by atoms with E-state index in [0.717, 1.165) is 19.5 Å². The molecule has 0 radical (unpaired) electrons. The third-order valence-electron chi connectivity index (χ3n) is 2.88. The Morgan fingerprint density at radius 3 is 2.93 bits per heavy atom. The molecule has 1 aliphatic rings. The quantitative estimate of drug-likeness (QED) is 0.734. The van der Waals surface area contributed by atoms with Crippen LogP contribution in [0.4, 0.5) is 0 Å². The number of aliphatic hydroxyl groups excluding tert-OH is 1. The Balaban J connectivity index is 2.03. The first-order valence-electron chi connectivity index (χ1n) is 5.20. The summed E-state index contributed by atoms with van der Waals surface area (Å²) in [6.45, 7) is 3.79. The summed E-state index contributed by atoms with van der Waals surface area (Å²) in [5.41, 5.74) is 2.63. The minimum Gasteiger partial charge on any atom is -0.391 e. The molecule has 14 heavy (non-hydrogen) atoms. The smallest absolute Gasteiger partial charge is 0.0708 e. The first-order valence-corrected chi connectivity index (χ1v) is 5.20. The van der Waals surface area contributed by atoms with Crippen LogP contribution in [0.15, 0.2) is 24.3 Å². The second-order valence-electron chi connectivity index (χ2n) is 4.18. The fraction of sp³-hybridized carbons (Fsp3) is 0.500. The first-order chi connectivity index (χ1) is 6.75. The number of nitrogens with one attached hydrogen (secondary N) is 1. The van der Waals surface area contributed by atoms with Crippen molar-refractivity contribution in [1.82, 2.24) is 5.32 Å². The van der Waals surface area contributed by atoms with Crippen molar-refractivity contribution in [2.45, 2.75) is 19.4 Å². The van der Waals surface area contributed by atoms with Crippen molar-refractivity contribution in [3.63, 3.8) is 0 Å². The van der Waals surface area contributed by atoms with E-state index in [0.29, 0.717) is 5.92 Å². The number of β-amino-alcohol motifs (C(OH)–C–C–N with tert-alkyl or cyclic N) is 1. The largest absolute Gasteiger partial charge is 0.391 e. The molecule has 1 fully saturated rings. The molecule has 0 spiro atoms. The van der Waals surface area contributed by atoms with Crippen molar-refractivity contribution in [1.29, 1.82) is 0 Å². The van der Waals surface area contributed by atoms with Gasteiger partial charge in [-0.25, -0.2) is 0 Å². The Hall–Kier alpha value is -0.860. The molecule has 0 saturated carbocycles. The zero-order chi connectivity index (χ0) is 9.97. The van der Waals surface area contributed by atoms with Crippen molar-refractivity contribution in [3.8, 4) is 0 Å². The van der Waals surface area contributed by atoms with E-state index in [1.54, 1.807) is 0 Å². The van der Waals surface area contributed by atoms with Crippen LogP contribution in [0.3, 0.4) is 0 Å². The Morgan fingerprint density at radius 1 is 1.43 bits per heavy atom. The van der Waals surface area contributed by atoms with Crippen molar-refractivity contribution in [2.75, 3.05) is 13.1 Å². The first kappa shape index (κ1) is 9.69. The molecular weight excluding hydrogens is 174 g/mol. The summed E-state index contributed by atoms with van der Waals surface area (Å²) < 4.78 is 0. The summed E-state index contributed by atoms with van der Waals surface area (Å²) in [6.07, 6.45) is 0.811. The van der Waals surface area contributed by atoms with Crippen molar-refractivity contribution in [2.24, 2.45) is 5.92 Å². The van der Waals surface area contributed by atoms with Gasteiger partial charge in [0, 0.05) is 19.0 Å². The molecule has 2 N–H and O–H groups in total. The highest BCUT2D eigenvalue weighted by Gasteiger charge is 2.24. The molecule has 0 amide bonds. The van der Waals surface area contributed by atoms with Crippen molar-refractivity contribution < 1.29 is 5.11 Å². The lowest BCUT2D eigenvalue weighted by molar-refractivity contribution is 0.147. The Morgan fingerprint density at radius 2 is 2.29 bits per heavy atom. The third-order valence-corrected chi connectivity index (χ3v) is 2.88. The van der Waals surface area contributed by atoms with Gasteiger partial charge in [-0.3, -0.25) is 0 Å². The van der Waals surface area contributed by atoms with E-state index >= 15 is 0 Å². The summed E-state index contributed by atoms with van der Waals surface area (Å²) in [6, 6.07) is 8.52. The Labute approximate surface area is 85.0 Å². The van der Waals surface area contributed by atoms with Gasteiger partial charge in [-0.2, -0.15) is 0 Å². The lowest BCUT2D eigenvalue weighted by Gasteiger charge is -2.13. The second kappa shape index (κ2) is 4.11. The van der Waals surface area contributed by atoms with E-state index in [1.807, 2.05) is 0 Å². The molecule has 0 aliphatic carbocycles. The zero-order valence-corrected chi connectivity index (χ0v) is 8.53. The van der Waals surface area contributed by atoms with Crippen LogP contribution in [0, 0.1) is 12.8 Å². The second-order valence-corrected chi connectivity index (χ2v) is 4.18. The molecule has 1 aliphatic heterocycles. The van der Waals surface area contributed by atoms with Crippen LogP contribution in [-0.4, -0.2) is 24.3 Å². The molecule has 1 aromatic carbocycles. The molecule has 0 aromatic heterocycles. The fourth-order valence-electron chi connectivity index (χ4n) is 2.07. The van der Waals surface area contributed by atoms with Crippen LogP contribution in [0.5, 0.6) is 0 Å². The number of aryl methyl sites for hydroxylation is 1. The van der Waals surface area contributed by atoms with Gasteiger partial charge in [0.2, 0.25) is 0 Å². The van der Waals surface area contributed by atoms with Gasteiger partial charge in [-0.15, -0.1) is 0 Å². The maximum absolute atomic E-state index is 9.66. The summed E-state index contributed by atoms with van der Waals surface area (Å²) in [7, 11) is 0. The van der Waals surface area contributed by atoms with Gasteiger partial charge in [0.25, 0.3) is 0 Å². The lowest BCUT2D eigenvalue weighted by atomic mass is 9.96. The van der Waals surface area contributed by atoms with Gasteiger partial charge in [0.1, 0.15) is 0 Å². The summed E-state index contributed by atoms with van der Waals surface area (Å²) in [5, 5.41) is 12.9. The van der Waals surface area contributed by atoms with Crippen LogP contribution in [0.25, 0.3) is 0 Å². The molecule has 2 nitrogen and oxygen atoms in total. The number of aliphatic hydroxyl groups is 1. The standard InChI is InChI=1S/C12H17NO/c1-9-3-2-4-10(5-9)6-11-7-13-8-12(11)14/h2-5,11-14H,6-8H2,1H3. The van der Waals surface area contributed by atoms with E-state index in [1.165, 1.54) is 11.1 Å². The maximum Gasteiger partial charge on any atom is 0.0708 e. The highest BCUT2D eigenvalue weighted by molar-refractivity contribution is 5.23. The van der Waals surface area contributed by atoms with E-state index in [-0.39, 0.29) is 6.10 Å². The van der Waals surface area contributed by atoms with Gasteiger partial charge < -0.3 is 10.4 Å². The molecular formula is C12H17NO. The fourth-order valence-corrected chi connectivity index (χ4v) is 2.07. The predicted octanol–water partition coefficient (Wildman–Crippen LogP) is 1.12. The van der Waals surface area contributed by atoms with Crippen molar-refractivity contribution >= 4 is 0 Å². The minimum atomic E-state index is -0.171. The molecule has 2 heteroatoms. The number of benzene rings is 1. The van der Waals surface area contributed by atoms with Gasteiger partial charge in [-0.05, 0) is 18.9 Å². The molecule has 2 unspecified atom stereocenters. The van der Waals surface area contributed by atoms with Crippen LogP contribution < -0.4 is 5.32 Å². The van der Waals surface area contributed by atoms with E-state index in [4.69, 9.17) is 0 Å². The van der Waals surface area contributed by atoms with Crippen LogP contribution in [0.2, 0.25) is 0 Å². The van der Waals surface area contributed by atoms with Gasteiger partial charge in [0.15, 0.2) is 0 Å².